The van der Waals surface area contributed by atoms with Crippen molar-refractivity contribution in [2.24, 2.45) is 11.7 Å². The topological polar surface area (TPSA) is 55.1 Å². The summed E-state index contributed by atoms with van der Waals surface area (Å²) < 4.78 is 26.0. The molecule has 0 aliphatic rings. The van der Waals surface area contributed by atoms with E-state index in [9.17, 15) is 13.6 Å². The van der Waals surface area contributed by atoms with Crippen molar-refractivity contribution in [3.63, 3.8) is 0 Å². The summed E-state index contributed by atoms with van der Waals surface area (Å²) >= 11 is 0. The number of hydrogen-bond donors (Lipinski definition) is 2. The lowest BCUT2D eigenvalue weighted by Gasteiger charge is -2.21. The molecule has 0 aromatic heterocycles. The fourth-order valence-electron chi connectivity index (χ4n) is 2.06. The molecular formula is C14H20F2N2O. The van der Waals surface area contributed by atoms with Crippen molar-refractivity contribution in [1.82, 2.24) is 5.32 Å². The number of nitrogens with two attached hydrogens (primary N) is 1. The van der Waals surface area contributed by atoms with Crippen molar-refractivity contribution in [3.8, 4) is 0 Å². The predicted molar refractivity (Wildman–Crippen MR) is 70.7 cm³/mol. The molecule has 3 N–H and O–H groups in total. The normalized spacial score (nSPS) is 12.5. The Morgan fingerprint density at radius 2 is 1.74 bits per heavy atom. The molecule has 0 aliphatic carbocycles. The highest BCUT2D eigenvalue weighted by atomic mass is 19.1. The van der Waals surface area contributed by atoms with E-state index in [2.05, 4.69) is 5.32 Å². The van der Waals surface area contributed by atoms with Crippen LogP contribution in [0, 0.1) is 17.6 Å². The van der Waals surface area contributed by atoms with Crippen LogP contribution in [0.3, 0.4) is 0 Å². The molecule has 0 bridgehead atoms. The van der Waals surface area contributed by atoms with Crippen LogP contribution in [0.1, 0.15) is 37.0 Å². The molecular weight excluding hydrogens is 250 g/mol. The maximum atomic E-state index is 13.0. The molecule has 0 spiro atoms. The van der Waals surface area contributed by atoms with Crippen LogP contribution in [-0.2, 0) is 0 Å². The van der Waals surface area contributed by atoms with Crippen molar-refractivity contribution in [2.75, 3.05) is 6.54 Å². The van der Waals surface area contributed by atoms with Crippen molar-refractivity contribution >= 4 is 5.91 Å². The average molecular weight is 270 g/mol. The number of carbonyl (C=O) groups excluding carboxylic acids is 1. The number of amides is 1. The Kier molecular flexibility index (Phi) is 5.89. The molecule has 1 unspecified atom stereocenters. The van der Waals surface area contributed by atoms with E-state index in [1.54, 1.807) is 0 Å². The second kappa shape index (κ2) is 7.19. The van der Waals surface area contributed by atoms with Gasteiger partial charge in [0, 0.05) is 24.2 Å². The van der Waals surface area contributed by atoms with Gasteiger partial charge in [-0.05, 0) is 18.1 Å². The summed E-state index contributed by atoms with van der Waals surface area (Å²) in [6.45, 7) is 4.37. The predicted octanol–water partition coefficient (Wildman–Crippen LogP) is 2.46. The van der Waals surface area contributed by atoms with E-state index in [-0.39, 0.29) is 11.6 Å². The summed E-state index contributed by atoms with van der Waals surface area (Å²) in [6, 6.07) is 2.58. The van der Waals surface area contributed by atoms with Crippen LogP contribution in [0.4, 0.5) is 8.78 Å². The van der Waals surface area contributed by atoms with Gasteiger partial charge in [0.15, 0.2) is 0 Å². The Labute approximate surface area is 112 Å². The van der Waals surface area contributed by atoms with Crippen LogP contribution in [0.2, 0.25) is 0 Å². The average Bonchev–Trinajstić information content (AvgIpc) is 2.36. The molecule has 0 radical (unpaired) electrons. The Bertz CT molecular complexity index is 413. The van der Waals surface area contributed by atoms with Crippen LogP contribution in [0.15, 0.2) is 18.2 Å². The van der Waals surface area contributed by atoms with Gasteiger partial charge >= 0.3 is 0 Å². The van der Waals surface area contributed by atoms with E-state index < -0.39 is 17.5 Å². The minimum absolute atomic E-state index is 0.0331. The third-order valence-corrected chi connectivity index (χ3v) is 3.28. The van der Waals surface area contributed by atoms with Gasteiger partial charge in [0.05, 0.1) is 0 Å². The zero-order valence-electron chi connectivity index (χ0n) is 11.2. The van der Waals surface area contributed by atoms with E-state index in [1.807, 2.05) is 13.8 Å². The highest BCUT2D eigenvalue weighted by Gasteiger charge is 2.16. The van der Waals surface area contributed by atoms with Crippen LogP contribution in [-0.4, -0.2) is 18.5 Å². The first kappa shape index (κ1) is 15.6. The van der Waals surface area contributed by atoms with Gasteiger partial charge in [0.1, 0.15) is 11.6 Å². The van der Waals surface area contributed by atoms with E-state index in [0.29, 0.717) is 12.5 Å². The van der Waals surface area contributed by atoms with E-state index in [1.165, 1.54) is 0 Å². The number of hydrogen-bond acceptors (Lipinski definition) is 2. The van der Waals surface area contributed by atoms with Gasteiger partial charge in [-0.15, -0.1) is 0 Å². The monoisotopic (exact) mass is 270 g/mol. The first-order chi connectivity index (χ1) is 8.97. The summed E-state index contributed by atoms with van der Waals surface area (Å²) in [7, 11) is 0. The minimum Gasteiger partial charge on any atom is -0.350 e. The molecule has 0 saturated heterocycles. The number of carbonyl (C=O) groups is 1. The fraction of sp³-hybridized carbons (Fsp3) is 0.500. The Morgan fingerprint density at radius 3 is 2.21 bits per heavy atom. The molecule has 106 valence electrons. The minimum atomic E-state index is -0.769. The molecule has 0 heterocycles. The lowest BCUT2D eigenvalue weighted by atomic mass is 9.95. The summed E-state index contributed by atoms with van der Waals surface area (Å²) in [6.07, 6.45) is 1.87. The number of rotatable bonds is 6. The van der Waals surface area contributed by atoms with Crippen molar-refractivity contribution in [2.45, 2.75) is 32.7 Å². The maximum Gasteiger partial charge on any atom is 0.251 e. The van der Waals surface area contributed by atoms with Crippen molar-refractivity contribution in [3.05, 3.63) is 35.4 Å². The van der Waals surface area contributed by atoms with Gasteiger partial charge in [0.2, 0.25) is 0 Å². The number of nitrogens with one attached hydrogen (secondary N) is 1. The fourth-order valence-corrected chi connectivity index (χ4v) is 2.06. The first-order valence-electron chi connectivity index (χ1n) is 6.47. The van der Waals surface area contributed by atoms with Gasteiger partial charge in [-0.25, -0.2) is 8.78 Å². The lowest BCUT2D eigenvalue weighted by Crippen LogP contribution is -2.41. The molecule has 0 saturated carbocycles. The van der Waals surface area contributed by atoms with Crippen LogP contribution in [0.25, 0.3) is 0 Å². The molecule has 1 aromatic carbocycles. The number of halogens is 2. The first-order valence-corrected chi connectivity index (χ1v) is 6.47. The zero-order valence-corrected chi connectivity index (χ0v) is 11.2. The molecule has 1 amide bonds. The SMILES string of the molecule is CCC(CC)C(N)CNC(=O)c1cc(F)cc(F)c1. The third-order valence-electron chi connectivity index (χ3n) is 3.28. The van der Waals surface area contributed by atoms with Crippen LogP contribution >= 0.6 is 0 Å². The van der Waals surface area contributed by atoms with Gasteiger partial charge in [-0.1, -0.05) is 26.7 Å². The molecule has 1 aromatic rings. The zero-order chi connectivity index (χ0) is 14.4. The standard InChI is InChI=1S/C14H20F2N2O/c1-3-9(4-2)13(17)8-18-14(19)10-5-11(15)7-12(16)6-10/h5-7,9,13H,3-4,8,17H2,1-2H3,(H,18,19). The lowest BCUT2D eigenvalue weighted by molar-refractivity contribution is 0.0947. The summed E-state index contributed by atoms with van der Waals surface area (Å²) in [5.74, 6) is -1.73. The Morgan fingerprint density at radius 1 is 1.21 bits per heavy atom. The van der Waals surface area contributed by atoms with Crippen LogP contribution in [0.5, 0.6) is 0 Å². The molecule has 19 heavy (non-hydrogen) atoms. The Balaban J connectivity index is 2.60. The molecule has 0 fully saturated rings. The highest BCUT2D eigenvalue weighted by molar-refractivity contribution is 5.94. The van der Waals surface area contributed by atoms with Crippen LogP contribution < -0.4 is 11.1 Å². The molecule has 1 atom stereocenters. The van der Waals surface area contributed by atoms with E-state index >= 15 is 0 Å². The smallest absolute Gasteiger partial charge is 0.251 e. The molecule has 3 nitrogen and oxygen atoms in total. The third kappa shape index (κ3) is 4.59. The summed E-state index contributed by atoms with van der Waals surface area (Å²) in [4.78, 5) is 11.8. The van der Waals surface area contributed by atoms with Crippen molar-refractivity contribution < 1.29 is 13.6 Å². The van der Waals surface area contributed by atoms with Gasteiger partial charge in [-0.2, -0.15) is 0 Å². The van der Waals surface area contributed by atoms with Gasteiger partial charge in [0.25, 0.3) is 5.91 Å². The largest absolute Gasteiger partial charge is 0.350 e. The van der Waals surface area contributed by atoms with Gasteiger partial charge < -0.3 is 11.1 Å². The second-order valence-corrected chi connectivity index (χ2v) is 4.61. The quantitative estimate of drug-likeness (QED) is 0.834. The highest BCUT2D eigenvalue weighted by Crippen LogP contribution is 2.11. The summed E-state index contributed by atoms with van der Waals surface area (Å²) in [5.41, 5.74) is 5.93. The summed E-state index contributed by atoms with van der Waals surface area (Å²) in [5, 5.41) is 2.60. The van der Waals surface area contributed by atoms with Gasteiger partial charge in [-0.3, -0.25) is 4.79 Å². The molecule has 5 heteroatoms. The van der Waals surface area contributed by atoms with E-state index in [0.717, 1.165) is 31.0 Å². The van der Waals surface area contributed by atoms with E-state index in [4.69, 9.17) is 5.73 Å². The maximum absolute atomic E-state index is 13.0. The Hall–Kier alpha value is -1.49. The molecule has 0 aliphatic heterocycles. The van der Waals surface area contributed by atoms with Crippen molar-refractivity contribution in [1.29, 1.82) is 0 Å². The molecule has 1 rings (SSSR count). The second-order valence-electron chi connectivity index (χ2n) is 4.61. The number of benzene rings is 1.